The van der Waals surface area contributed by atoms with E-state index in [1.807, 2.05) is 0 Å². The van der Waals surface area contributed by atoms with Gasteiger partial charge in [0.05, 0.1) is 23.1 Å². The molecule has 4 N–H and O–H groups in total. The second kappa shape index (κ2) is 5.99. The summed E-state index contributed by atoms with van der Waals surface area (Å²) in [6.07, 6.45) is 6.68. The number of nitrogen functional groups attached to an aromatic ring is 1. The number of imidazole rings is 1. The number of rotatable bonds is 5. The van der Waals surface area contributed by atoms with E-state index in [1.165, 1.54) is 0 Å². The summed E-state index contributed by atoms with van der Waals surface area (Å²) < 4.78 is 0. The molecule has 2 heterocycles. The van der Waals surface area contributed by atoms with Crippen molar-refractivity contribution in [1.29, 1.82) is 0 Å². The van der Waals surface area contributed by atoms with Crippen molar-refractivity contribution in [3.8, 4) is 0 Å². The minimum atomic E-state index is -0.142. The van der Waals surface area contributed by atoms with Gasteiger partial charge in [0.25, 0.3) is 5.91 Å². The van der Waals surface area contributed by atoms with Gasteiger partial charge in [-0.2, -0.15) is 0 Å². The highest BCUT2D eigenvalue weighted by Crippen LogP contribution is 2.09. The van der Waals surface area contributed by atoms with Crippen molar-refractivity contribution in [2.75, 3.05) is 12.3 Å². The fourth-order valence-corrected chi connectivity index (χ4v) is 1.77. The molecule has 6 heteroatoms. The maximum absolute atomic E-state index is 11.9. The van der Waals surface area contributed by atoms with Crippen molar-refractivity contribution in [3.05, 3.63) is 41.7 Å². The summed E-state index contributed by atoms with van der Waals surface area (Å²) in [7, 11) is 0. The quantitative estimate of drug-likeness (QED) is 0.699. The zero-order valence-electron chi connectivity index (χ0n) is 10.8. The fourth-order valence-electron chi connectivity index (χ4n) is 1.77. The molecule has 0 spiro atoms. The molecule has 0 radical (unpaired) electrons. The van der Waals surface area contributed by atoms with Crippen LogP contribution in [0.3, 0.4) is 0 Å². The molecule has 1 amide bonds. The number of aromatic amines is 1. The Labute approximate surface area is 111 Å². The first-order valence-electron chi connectivity index (χ1n) is 6.15. The van der Waals surface area contributed by atoms with Crippen LogP contribution in [-0.2, 0) is 6.42 Å². The molecule has 0 aromatic carbocycles. The van der Waals surface area contributed by atoms with Gasteiger partial charge in [0.1, 0.15) is 5.82 Å². The smallest absolute Gasteiger partial charge is 0.253 e. The number of nitrogens with one attached hydrogen (secondary N) is 2. The Morgan fingerprint density at radius 1 is 1.47 bits per heavy atom. The molecule has 19 heavy (non-hydrogen) atoms. The van der Waals surface area contributed by atoms with Crippen LogP contribution in [0.1, 0.15) is 28.3 Å². The lowest BCUT2D eigenvalue weighted by Crippen LogP contribution is -2.26. The average molecular weight is 259 g/mol. The molecule has 100 valence electrons. The van der Waals surface area contributed by atoms with Crippen molar-refractivity contribution in [2.24, 2.45) is 0 Å². The number of hydrogen-bond acceptors (Lipinski definition) is 4. The molecule has 0 unspecified atom stereocenters. The summed E-state index contributed by atoms with van der Waals surface area (Å²) in [4.78, 5) is 23.2. The topological polar surface area (TPSA) is 96.7 Å². The summed E-state index contributed by atoms with van der Waals surface area (Å²) >= 11 is 0. The first-order chi connectivity index (χ1) is 9.16. The highest BCUT2D eigenvalue weighted by molar-refractivity contribution is 5.95. The summed E-state index contributed by atoms with van der Waals surface area (Å²) in [5.41, 5.74) is 7.33. The second-order valence-corrected chi connectivity index (χ2v) is 4.30. The Kier molecular flexibility index (Phi) is 4.12. The monoisotopic (exact) mass is 259 g/mol. The van der Waals surface area contributed by atoms with E-state index in [0.29, 0.717) is 23.5 Å². The van der Waals surface area contributed by atoms with Gasteiger partial charge in [-0.05, 0) is 19.4 Å². The number of H-pyrrole nitrogens is 1. The van der Waals surface area contributed by atoms with E-state index in [0.717, 1.165) is 18.7 Å². The van der Waals surface area contributed by atoms with Crippen LogP contribution in [0.2, 0.25) is 0 Å². The summed E-state index contributed by atoms with van der Waals surface area (Å²) in [5, 5.41) is 2.85. The molecule has 0 aliphatic rings. The third-order valence-electron chi connectivity index (χ3n) is 2.78. The third-order valence-corrected chi connectivity index (χ3v) is 2.78. The Morgan fingerprint density at radius 2 is 2.32 bits per heavy atom. The number of amides is 1. The molecule has 0 aliphatic carbocycles. The lowest BCUT2D eigenvalue weighted by Gasteiger charge is -2.07. The van der Waals surface area contributed by atoms with Gasteiger partial charge >= 0.3 is 0 Å². The SMILES string of the molecule is Cc1ncc(N)cc1C(=O)NCCCc1ncc[nH]1. The molecular weight excluding hydrogens is 242 g/mol. The predicted molar refractivity (Wildman–Crippen MR) is 72.6 cm³/mol. The third kappa shape index (κ3) is 3.54. The van der Waals surface area contributed by atoms with Crippen molar-refractivity contribution in [2.45, 2.75) is 19.8 Å². The summed E-state index contributed by atoms with van der Waals surface area (Å²) in [6.45, 7) is 2.38. The maximum atomic E-state index is 11.9. The largest absolute Gasteiger partial charge is 0.397 e. The van der Waals surface area contributed by atoms with Crippen LogP contribution in [0.4, 0.5) is 5.69 Å². The van der Waals surface area contributed by atoms with Crippen molar-refractivity contribution in [1.82, 2.24) is 20.3 Å². The summed E-state index contributed by atoms with van der Waals surface area (Å²) in [5.74, 6) is 0.785. The Hall–Kier alpha value is -2.37. The van der Waals surface area contributed by atoms with Crippen molar-refractivity contribution >= 4 is 11.6 Å². The Morgan fingerprint density at radius 3 is 3.05 bits per heavy atom. The van der Waals surface area contributed by atoms with Crippen LogP contribution in [0.15, 0.2) is 24.7 Å². The average Bonchev–Trinajstić information content (AvgIpc) is 2.90. The standard InChI is InChI=1S/C13H17N5O/c1-9-11(7-10(14)8-18-9)13(19)17-4-2-3-12-15-5-6-16-12/h5-8H,2-4,14H2,1H3,(H,15,16)(H,17,19). The number of aryl methyl sites for hydroxylation is 2. The zero-order valence-corrected chi connectivity index (χ0v) is 10.8. The Bertz CT molecular complexity index is 550. The normalized spacial score (nSPS) is 10.4. The van der Waals surface area contributed by atoms with Crippen molar-refractivity contribution in [3.63, 3.8) is 0 Å². The molecule has 0 saturated heterocycles. The second-order valence-electron chi connectivity index (χ2n) is 4.30. The van der Waals surface area contributed by atoms with Gasteiger partial charge in [-0.1, -0.05) is 0 Å². The van der Waals surface area contributed by atoms with E-state index in [4.69, 9.17) is 5.73 Å². The lowest BCUT2D eigenvalue weighted by atomic mass is 10.2. The van der Waals surface area contributed by atoms with Crippen LogP contribution < -0.4 is 11.1 Å². The van der Waals surface area contributed by atoms with Crippen LogP contribution in [0.5, 0.6) is 0 Å². The Balaban J connectivity index is 1.82. The molecular formula is C13H17N5O. The lowest BCUT2D eigenvalue weighted by molar-refractivity contribution is 0.0952. The highest BCUT2D eigenvalue weighted by Gasteiger charge is 2.09. The van der Waals surface area contributed by atoms with Gasteiger partial charge in [-0.3, -0.25) is 9.78 Å². The molecule has 2 aromatic rings. The molecule has 0 saturated carbocycles. The van der Waals surface area contributed by atoms with E-state index in [1.54, 1.807) is 31.6 Å². The van der Waals surface area contributed by atoms with E-state index in [-0.39, 0.29) is 5.91 Å². The predicted octanol–water partition coefficient (Wildman–Crippen LogP) is 1.06. The fraction of sp³-hybridized carbons (Fsp3) is 0.308. The first kappa shape index (κ1) is 13.1. The van der Waals surface area contributed by atoms with E-state index < -0.39 is 0 Å². The first-order valence-corrected chi connectivity index (χ1v) is 6.15. The number of carbonyl (C=O) groups is 1. The van der Waals surface area contributed by atoms with E-state index in [2.05, 4.69) is 20.3 Å². The van der Waals surface area contributed by atoms with E-state index >= 15 is 0 Å². The van der Waals surface area contributed by atoms with Crippen molar-refractivity contribution < 1.29 is 4.79 Å². The number of carbonyl (C=O) groups excluding carboxylic acids is 1. The number of anilines is 1. The number of aromatic nitrogens is 3. The molecule has 0 aliphatic heterocycles. The minimum Gasteiger partial charge on any atom is -0.397 e. The van der Waals surface area contributed by atoms with Crippen LogP contribution >= 0.6 is 0 Å². The van der Waals surface area contributed by atoms with Crippen LogP contribution in [0, 0.1) is 6.92 Å². The summed E-state index contributed by atoms with van der Waals surface area (Å²) in [6, 6.07) is 1.64. The number of hydrogen-bond donors (Lipinski definition) is 3. The maximum Gasteiger partial charge on any atom is 0.253 e. The van der Waals surface area contributed by atoms with Crippen LogP contribution in [-0.4, -0.2) is 27.4 Å². The van der Waals surface area contributed by atoms with Gasteiger partial charge in [0.15, 0.2) is 0 Å². The van der Waals surface area contributed by atoms with Gasteiger partial charge < -0.3 is 16.0 Å². The van der Waals surface area contributed by atoms with Gasteiger partial charge in [0, 0.05) is 25.4 Å². The van der Waals surface area contributed by atoms with Gasteiger partial charge in [-0.15, -0.1) is 0 Å². The van der Waals surface area contributed by atoms with Gasteiger partial charge in [-0.25, -0.2) is 4.98 Å². The number of nitrogens with two attached hydrogens (primary N) is 1. The molecule has 0 atom stereocenters. The van der Waals surface area contributed by atoms with Gasteiger partial charge in [0.2, 0.25) is 0 Å². The molecule has 0 bridgehead atoms. The number of pyridine rings is 1. The van der Waals surface area contributed by atoms with Crippen LogP contribution in [0.25, 0.3) is 0 Å². The molecule has 2 aromatic heterocycles. The molecule has 2 rings (SSSR count). The van der Waals surface area contributed by atoms with E-state index in [9.17, 15) is 4.79 Å². The molecule has 6 nitrogen and oxygen atoms in total. The zero-order chi connectivity index (χ0) is 13.7. The number of nitrogens with zero attached hydrogens (tertiary/aromatic N) is 2. The minimum absolute atomic E-state index is 0.142. The highest BCUT2D eigenvalue weighted by atomic mass is 16.1. The molecule has 0 fully saturated rings.